The molecule has 5 nitrogen and oxygen atoms in total. The van der Waals surface area contributed by atoms with Gasteiger partial charge in [-0.25, -0.2) is 4.68 Å². The van der Waals surface area contributed by atoms with Gasteiger partial charge in [0.05, 0.1) is 11.9 Å². The van der Waals surface area contributed by atoms with Gasteiger partial charge in [-0.05, 0) is 32.0 Å². The molecule has 0 fully saturated rings. The van der Waals surface area contributed by atoms with Crippen molar-refractivity contribution in [2.45, 2.75) is 24.8 Å². The smallest absolute Gasteiger partial charge is 0.235 e. The van der Waals surface area contributed by atoms with Crippen LogP contribution in [0, 0.1) is 0 Å². The maximum Gasteiger partial charge on any atom is 0.235 e. The number of amides is 1. The molecule has 0 saturated carbocycles. The number of carbonyl (C=O) groups is 1. The second-order valence-electron chi connectivity index (χ2n) is 4.59. The number of aromatic nitrogens is 2. The van der Waals surface area contributed by atoms with Crippen LogP contribution in [0.2, 0.25) is 0 Å². The average molecular weight is 291 g/mol. The standard InChI is InChI=1S/C14H17N3O2S/c1-10(2)17-13(6-7-15-17)16-14(19)9-20-12-5-3-4-11(18)8-12/h3-8,10,18H,9H2,1-2H3,(H,16,19). The molecule has 1 aromatic heterocycles. The van der Waals surface area contributed by atoms with Gasteiger partial charge in [-0.15, -0.1) is 11.8 Å². The average Bonchev–Trinajstić information content (AvgIpc) is 2.85. The topological polar surface area (TPSA) is 67.2 Å². The summed E-state index contributed by atoms with van der Waals surface area (Å²) in [6.07, 6.45) is 1.66. The molecule has 0 atom stereocenters. The largest absolute Gasteiger partial charge is 0.508 e. The number of thioether (sulfide) groups is 1. The molecule has 0 bridgehead atoms. The molecule has 0 radical (unpaired) electrons. The van der Waals surface area contributed by atoms with E-state index in [1.807, 2.05) is 19.9 Å². The normalized spacial score (nSPS) is 10.8. The summed E-state index contributed by atoms with van der Waals surface area (Å²) in [5.41, 5.74) is 0. The molecule has 6 heteroatoms. The predicted octanol–water partition coefficient (Wildman–Crippen LogP) is 2.90. The van der Waals surface area contributed by atoms with Crippen LogP contribution >= 0.6 is 11.8 Å². The van der Waals surface area contributed by atoms with Crippen molar-refractivity contribution in [1.82, 2.24) is 9.78 Å². The zero-order chi connectivity index (χ0) is 14.5. The number of phenols is 1. The van der Waals surface area contributed by atoms with Crippen molar-refractivity contribution in [3.05, 3.63) is 36.5 Å². The quantitative estimate of drug-likeness (QED) is 0.831. The molecule has 1 amide bonds. The van der Waals surface area contributed by atoms with Crippen LogP contribution in [0.3, 0.4) is 0 Å². The summed E-state index contributed by atoms with van der Waals surface area (Å²) in [4.78, 5) is 12.8. The van der Waals surface area contributed by atoms with Gasteiger partial charge in [0, 0.05) is 17.0 Å². The lowest BCUT2D eigenvalue weighted by molar-refractivity contribution is -0.113. The van der Waals surface area contributed by atoms with E-state index in [9.17, 15) is 9.90 Å². The summed E-state index contributed by atoms with van der Waals surface area (Å²) >= 11 is 1.38. The SMILES string of the molecule is CC(C)n1nccc1NC(=O)CSc1cccc(O)c1. The number of rotatable bonds is 5. The van der Waals surface area contributed by atoms with E-state index in [4.69, 9.17) is 0 Å². The Hall–Kier alpha value is -1.95. The van der Waals surface area contributed by atoms with Crippen molar-refractivity contribution in [2.75, 3.05) is 11.1 Å². The van der Waals surface area contributed by atoms with Crippen LogP contribution in [-0.4, -0.2) is 26.5 Å². The van der Waals surface area contributed by atoms with Crippen molar-refractivity contribution in [1.29, 1.82) is 0 Å². The van der Waals surface area contributed by atoms with Gasteiger partial charge in [0.15, 0.2) is 0 Å². The maximum absolute atomic E-state index is 11.9. The zero-order valence-corrected chi connectivity index (χ0v) is 12.2. The van der Waals surface area contributed by atoms with Gasteiger partial charge in [-0.2, -0.15) is 5.10 Å². The van der Waals surface area contributed by atoms with Gasteiger partial charge >= 0.3 is 0 Å². The number of hydrogen-bond acceptors (Lipinski definition) is 4. The van der Waals surface area contributed by atoms with Crippen LogP contribution in [0.25, 0.3) is 0 Å². The Morgan fingerprint density at radius 2 is 2.25 bits per heavy atom. The Morgan fingerprint density at radius 1 is 1.45 bits per heavy atom. The number of aromatic hydroxyl groups is 1. The van der Waals surface area contributed by atoms with E-state index in [2.05, 4.69) is 10.4 Å². The van der Waals surface area contributed by atoms with Crippen molar-refractivity contribution in [3.63, 3.8) is 0 Å². The first kappa shape index (κ1) is 14.5. The first-order valence-corrected chi connectivity index (χ1v) is 7.30. The third kappa shape index (κ3) is 3.77. The van der Waals surface area contributed by atoms with Gasteiger partial charge in [0.2, 0.25) is 5.91 Å². The zero-order valence-electron chi connectivity index (χ0n) is 11.4. The van der Waals surface area contributed by atoms with Crippen molar-refractivity contribution in [2.24, 2.45) is 0 Å². The predicted molar refractivity (Wildman–Crippen MR) is 80.1 cm³/mol. The number of anilines is 1. The summed E-state index contributed by atoms with van der Waals surface area (Å²) in [7, 11) is 0. The van der Waals surface area contributed by atoms with Gasteiger partial charge in [-0.3, -0.25) is 4.79 Å². The number of nitrogens with zero attached hydrogens (tertiary/aromatic N) is 2. The number of benzene rings is 1. The van der Waals surface area contributed by atoms with Crippen LogP contribution in [0.1, 0.15) is 19.9 Å². The number of carbonyl (C=O) groups excluding carboxylic acids is 1. The summed E-state index contributed by atoms with van der Waals surface area (Å²) in [5, 5.41) is 16.4. The van der Waals surface area contributed by atoms with Crippen molar-refractivity contribution >= 4 is 23.5 Å². The van der Waals surface area contributed by atoms with E-state index < -0.39 is 0 Å². The minimum Gasteiger partial charge on any atom is -0.508 e. The third-order valence-electron chi connectivity index (χ3n) is 2.61. The monoisotopic (exact) mass is 291 g/mol. The fraction of sp³-hybridized carbons (Fsp3) is 0.286. The van der Waals surface area contributed by atoms with Crippen LogP contribution < -0.4 is 5.32 Å². The van der Waals surface area contributed by atoms with E-state index in [0.717, 1.165) is 4.90 Å². The highest BCUT2D eigenvalue weighted by Crippen LogP contribution is 2.22. The maximum atomic E-state index is 11.9. The molecule has 0 aliphatic heterocycles. The highest BCUT2D eigenvalue weighted by atomic mass is 32.2. The Balaban J connectivity index is 1.91. The highest BCUT2D eigenvalue weighted by Gasteiger charge is 2.09. The molecular weight excluding hydrogens is 274 g/mol. The highest BCUT2D eigenvalue weighted by molar-refractivity contribution is 8.00. The number of phenolic OH excluding ortho intramolecular Hbond substituents is 1. The van der Waals surface area contributed by atoms with Crippen LogP contribution in [-0.2, 0) is 4.79 Å². The molecule has 1 heterocycles. The second kappa shape index (κ2) is 6.47. The molecule has 0 saturated heterocycles. The first-order valence-electron chi connectivity index (χ1n) is 6.31. The minimum atomic E-state index is -0.0965. The number of hydrogen-bond donors (Lipinski definition) is 2. The molecule has 2 N–H and O–H groups in total. The van der Waals surface area contributed by atoms with Crippen LogP contribution in [0.4, 0.5) is 5.82 Å². The Bertz CT molecular complexity index is 596. The molecule has 0 spiro atoms. The molecule has 0 unspecified atom stereocenters. The molecule has 1 aromatic carbocycles. The lowest BCUT2D eigenvalue weighted by Gasteiger charge is -2.11. The minimum absolute atomic E-state index is 0.0965. The molecule has 20 heavy (non-hydrogen) atoms. The molecule has 0 aliphatic rings. The molecule has 2 rings (SSSR count). The first-order chi connectivity index (χ1) is 9.56. The van der Waals surface area contributed by atoms with Gasteiger partial charge in [-0.1, -0.05) is 6.07 Å². The Labute approximate surface area is 122 Å². The van der Waals surface area contributed by atoms with Crippen LogP contribution in [0.5, 0.6) is 5.75 Å². The van der Waals surface area contributed by atoms with E-state index in [-0.39, 0.29) is 23.5 Å². The lowest BCUT2D eigenvalue weighted by atomic mass is 10.3. The Kier molecular flexibility index (Phi) is 4.68. The summed E-state index contributed by atoms with van der Waals surface area (Å²) < 4.78 is 1.76. The van der Waals surface area contributed by atoms with Crippen LogP contribution in [0.15, 0.2) is 41.4 Å². The van der Waals surface area contributed by atoms with Gasteiger partial charge in [0.25, 0.3) is 0 Å². The second-order valence-corrected chi connectivity index (χ2v) is 5.64. The van der Waals surface area contributed by atoms with E-state index >= 15 is 0 Å². The van der Waals surface area contributed by atoms with E-state index in [1.165, 1.54) is 11.8 Å². The molecule has 0 aliphatic carbocycles. The summed E-state index contributed by atoms with van der Waals surface area (Å²) in [6, 6.07) is 8.82. The molecule has 2 aromatic rings. The van der Waals surface area contributed by atoms with Crippen molar-refractivity contribution in [3.8, 4) is 5.75 Å². The summed E-state index contributed by atoms with van der Waals surface area (Å²) in [6.45, 7) is 4.01. The Morgan fingerprint density at radius 3 is 2.95 bits per heavy atom. The van der Waals surface area contributed by atoms with E-state index in [0.29, 0.717) is 5.82 Å². The van der Waals surface area contributed by atoms with Crippen molar-refractivity contribution < 1.29 is 9.90 Å². The fourth-order valence-corrected chi connectivity index (χ4v) is 2.47. The van der Waals surface area contributed by atoms with Gasteiger partial charge < -0.3 is 10.4 Å². The molecular formula is C14H17N3O2S. The number of nitrogens with one attached hydrogen (secondary N) is 1. The van der Waals surface area contributed by atoms with Gasteiger partial charge in [0.1, 0.15) is 11.6 Å². The lowest BCUT2D eigenvalue weighted by Crippen LogP contribution is -2.18. The molecule has 106 valence electrons. The summed E-state index contributed by atoms with van der Waals surface area (Å²) in [5.74, 6) is 1.09. The van der Waals surface area contributed by atoms with E-state index in [1.54, 1.807) is 35.1 Å². The third-order valence-corrected chi connectivity index (χ3v) is 3.61. The fourth-order valence-electron chi connectivity index (χ4n) is 1.73.